The minimum atomic E-state index is -0.431. The topological polar surface area (TPSA) is 53.5 Å². The van der Waals surface area contributed by atoms with Gasteiger partial charge < -0.3 is 5.32 Å². The number of aryl methyl sites for hydroxylation is 1. The second-order valence-electron chi connectivity index (χ2n) is 5.82. The van der Waals surface area contributed by atoms with E-state index in [2.05, 4.69) is 47.0 Å². The molecule has 1 heterocycles. The van der Waals surface area contributed by atoms with Gasteiger partial charge in [-0.2, -0.15) is 5.10 Å². The van der Waals surface area contributed by atoms with Crippen LogP contribution in [0.2, 0.25) is 0 Å². The van der Waals surface area contributed by atoms with Crippen LogP contribution in [0.5, 0.6) is 0 Å². The van der Waals surface area contributed by atoms with Crippen molar-refractivity contribution in [2.24, 2.45) is 5.10 Å². The maximum absolute atomic E-state index is 12.2. The normalized spacial score (nSPS) is 19.8. The van der Waals surface area contributed by atoms with Crippen LogP contribution < -0.4 is 10.7 Å². The Kier molecular flexibility index (Phi) is 4.39. The van der Waals surface area contributed by atoms with E-state index < -0.39 is 4.87 Å². The van der Waals surface area contributed by atoms with Crippen molar-refractivity contribution in [1.29, 1.82) is 0 Å². The van der Waals surface area contributed by atoms with Crippen LogP contribution in [0.4, 0.5) is 5.69 Å². The molecule has 0 aliphatic carbocycles. The molecule has 0 spiro atoms. The Morgan fingerprint density at radius 3 is 2.57 bits per heavy atom. The first-order valence-corrected chi connectivity index (χ1v) is 8.32. The summed E-state index contributed by atoms with van der Waals surface area (Å²) in [7, 11) is 0. The molecule has 2 aromatic carbocycles. The van der Waals surface area contributed by atoms with Crippen molar-refractivity contribution in [3.63, 3.8) is 0 Å². The van der Waals surface area contributed by atoms with Gasteiger partial charge in [-0.1, -0.05) is 59.8 Å². The smallest absolute Gasteiger partial charge is 0.227 e. The van der Waals surface area contributed by atoms with E-state index in [-0.39, 0.29) is 5.91 Å². The van der Waals surface area contributed by atoms with E-state index in [0.29, 0.717) is 6.42 Å². The van der Waals surface area contributed by atoms with E-state index in [4.69, 9.17) is 0 Å². The number of nitrogens with one attached hydrogen (secondary N) is 2. The van der Waals surface area contributed by atoms with Gasteiger partial charge in [-0.3, -0.25) is 10.2 Å². The lowest BCUT2D eigenvalue weighted by Crippen LogP contribution is -2.36. The van der Waals surface area contributed by atoms with Crippen LogP contribution >= 0.6 is 11.8 Å². The molecule has 118 valence electrons. The highest BCUT2D eigenvalue weighted by Gasteiger charge is 2.35. The number of rotatable bonds is 4. The summed E-state index contributed by atoms with van der Waals surface area (Å²) >= 11 is 1.59. The molecule has 0 bridgehead atoms. The van der Waals surface area contributed by atoms with E-state index in [9.17, 15) is 4.79 Å². The first-order chi connectivity index (χ1) is 11.0. The number of amides is 1. The molecule has 2 N–H and O–H groups in total. The molecule has 4 nitrogen and oxygen atoms in total. The SMILES string of the molecule is Cc1ccc(C2=NN[C@@](C)(CC(=O)Nc3ccccc3)S2)cc1. The molecular weight excluding hydrogens is 306 g/mol. The lowest BCUT2D eigenvalue weighted by molar-refractivity contribution is -0.116. The zero-order valence-electron chi connectivity index (χ0n) is 13.2. The van der Waals surface area contributed by atoms with Gasteiger partial charge in [0, 0.05) is 11.3 Å². The van der Waals surface area contributed by atoms with Gasteiger partial charge in [0.25, 0.3) is 0 Å². The Morgan fingerprint density at radius 1 is 1.17 bits per heavy atom. The van der Waals surface area contributed by atoms with Crippen LogP contribution in [-0.4, -0.2) is 15.8 Å². The highest BCUT2D eigenvalue weighted by Crippen LogP contribution is 2.34. The Morgan fingerprint density at radius 2 is 1.87 bits per heavy atom. The van der Waals surface area contributed by atoms with E-state index in [0.717, 1.165) is 16.3 Å². The summed E-state index contributed by atoms with van der Waals surface area (Å²) in [6.45, 7) is 4.05. The number of carbonyl (C=O) groups excluding carboxylic acids is 1. The quantitative estimate of drug-likeness (QED) is 0.900. The molecule has 0 saturated carbocycles. The number of hydrazone groups is 1. The largest absolute Gasteiger partial charge is 0.326 e. The molecule has 0 saturated heterocycles. The van der Waals surface area contributed by atoms with Crippen molar-refractivity contribution in [3.8, 4) is 0 Å². The van der Waals surface area contributed by atoms with Crippen LogP contribution in [0.25, 0.3) is 0 Å². The number of hydrogen-bond donors (Lipinski definition) is 2. The Labute approximate surface area is 140 Å². The molecule has 1 amide bonds. The van der Waals surface area contributed by atoms with Crippen molar-refractivity contribution in [3.05, 3.63) is 65.7 Å². The highest BCUT2D eigenvalue weighted by molar-refractivity contribution is 8.15. The van der Waals surface area contributed by atoms with Gasteiger partial charge in [0.05, 0.1) is 6.42 Å². The Hall–Kier alpha value is -2.27. The van der Waals surface area contributed by atoms with Gasteiger partial charge >= 0.3 is 0 Å². The van der Waals surface area contributed by atoms with E-state index in [1.54, 1.807) is 11.8 Å². The van der Waals surface area contributed by atoms with Gasteiger partial charge in [-0.15, -0.1) is 0 Å². The molecule has 1 atom stereocenters. The highest BCUT2D eigenvalue weighted by atomic mass is 32.2. The van der Waals surface area contributed by atoms with Gasteiger partial charge in [-0.25, -0.2) is 0 Å². The first-order valence-electron chi connectivity index (χ1n) is 7.50. The Bertz CT molecular complexity index is 728. The van der Waals surface area contributed by atoms with E-state index in [1.165, 1.54) is 5.56 Å². The summed E-state index contributed by atoms with van der Waals surface area (Å²) in [5, 5.41) is 8.23. The molecule has 1 aliphatic heterocycles. The summed E-state index contributed by atoms with van der Waals surface area (Å²) < 4.78 is 0. The number of nitrogens with zero attached hydrogens (tertiary/aromatic N) is 1. The predicted octanol–water partition coefficient (Wildman–Crippen LogP) is 3.74. The summed E-state index contributed by atoms with van der Waals surface area (Å²) in [5.74, 6) is -0.0287. The van der Waals surface area contributed by atoms with E-state index in [1.807, 2.05) is 37.3 Å². The molecular formula is C18H19N3OS. The lowest BCUT2D eigenvalue weighted by atomic mass is 10.2. The molecule has 23 heavy (non-hydrogen) atoms. The number of thioether (sulfide) groups is 1. The number of anilines is 1. The molecule has 0 aromatic heterocycles. The van der Waals surface area contributed by atoms with E-state index >= 15 is 0 Å². The van der Waals surface area contributed by atoms with Crippen molar-refractivity contribution in [2.75, 3.05) is 5.32 Å². The van der Waals surface area contributed by atoms with Crippen molar-refractivity contribution < 1.29 is 4.79 Å². The summed E-state index contributed by atoms with van der Waals surface area (Å²) in [5.41, 5.74) is 6.20. The van der Waals surface area contributed by atoms with Crippen molar-refractivity contribution in [2.45, 2.75) is 25.1 Å². The monoisotopic (exact) mass is 325 g/mol. The fraction of sp³-hybridized carbons (Fsp3) is 0.222. The minimum Gasteiger partial charge on any atom is -0.326 e. The van der Waals surface area contributed by atoms with Crippen LogP contribution in [0.3, 0.4) is 0 Å². The number of para-hydroxylation sites is 1. The van der Waals surface area contributed by atoms with Gasteiger partial charge in [0.1, 0.15) is 9.91 Å². The summed E-state index contributed by atoms with van der Waals surface area (Å²) in [6.07, 6.45) is 0.339. The Balaban J connectivity index is 1.61. The van der Waals surface area contributed by atoms with Gasteiger partial charge in [-0.05, 0) is 26.0 Å². The molecule has 1 aliphatic rings. The van der Waals surface area contributed by atoms with Crippen molar-refractivity contribution in [1.82, 2.24) is 5.43 Å². The zero-order chi connectivity index (χ0) is 16.3. The summed E-state index contributed by atoms with van der Waals surface area (Å²) in [4.78, 5) is 11.8. The van der Waals surface area contributed by atoms with Gasteiger partial charge in [0.2, 0.25) is 5.91 Å². The minimum absolute atomic E-state index is 0.0287. The van der Waals surface area contributed by atoms with Crippen LogP contribution in [0.1, 0.15) is 24.5 Å². The summed E-state index contributed by atoms with van der Waals surface area (Å²) in [6, 6.07) is 17.7. The fourth-order valence-electron chi connectivity index (χ4n) is 2.36. The zero-order valence-corrected chi connectivity index (χ0v) is 14.0. The first kappa shape index (κ1) is 15.6. The molecule has 5 heteroatoms. The number of carbonyl (C=O) groups is 1. The lowest BCUT2D eigenvalue weighted by Gasteiger charge is -2.21. The van der Waals surface area contributed by atoms with Crippen LogP contribution in [0.15, 0.2) is 59.7 Å². The molecule has 0 fully saturated rings. The standard InChI is InChI=1S/C18H19N3OS/c1-13-8-10-14(11-9-13)17-20-21-18(2,23-17)12-16(22)19-15-6-4-3-5-7-15/h3-11,21H,12H2,1-2H3,(H,19,22)/t18-/m1/s1. The molecule has 0 unspecified atom stereocenters. The second-order valence-corrected chi connectivity index (χ2v) is 7.31. The fourth-order valence-corrected chi connectivity index (χ4v) is 3.42. The van der Waals surface area contributed by atoms with Crippen molar-refractivity contribution >= 4 is 28.4 Å². The third-order valence-corrected chi connectivity index (χ3v) is 4.78. The number of benzene rings is 2. The maximum Gasteiger partial charge on any atom is 0.227 e. The second kappa shape index (κ2) is 6.46. The van der Waals surface area contributed by atoms with Crippen LogP contribution in [-0.2, 0) is 4.79 Å². The average Bonchev–Trinajstić information content (AvgIpc) is 2.90. The maximum atomic E-state index is 12.2. The number of hydrogen-bond acceptors (Lipinski definition) is 4. The average molecular weight is 325 g/mol. The van der Waals surface area contributed by atoms with Gasteiger partial charge in [0.15, 0.2) is 0 Å². The molecule has 2 aromatic rings. The third-order valence-electron chi connectivity index (χ3n) is 3.57. The predicted molar refractivity (Wildman–Crippen MR) is 96.5 cm³/mol. The third kappa shape index (κ3) is 3.93. The molecule has 0 radical (unpaired) electrons. The van der Waals surface area contributed by atoms with Crippen LogP contribution in [0, 0.1) is 6.92 Å². The molecule has 3 rings (SSSR count).